The van der Waals surface area contributed by atoms with Gasteiger partial charge in [0.2, 0.25) is 5.91 Å². The molecule has 3 atom stereocenters. The van der Waals surface area contributed by atoms with Crippen molar-refractivity contribution in [3.63, 3.8) is 0 Å². The molecule has 0 unspecified atom stereocenters. The normalized spacial score (nSPS) is 30.9. The number of benzene rings is 2. The molecule has 23 heavy (non-hydrogen) atoms. The fourth-order valence-electron chi connectivity index (χ4n) is 4.46. The van der Waals surface area contributed by atoms with Crippen molar-refractivity contribution in [3.8, 4) is 5.75 Å². The highest BCUT2D eigenvalue weighted by atomic mass is 16.5. The summed E-state index contributed by atoms with van der Waals surface area (Å²) in [5, 5.41) is 0. The van der Waals surface area contributed by atoms with E-state index in [2.05, 4.69) is 17.9 Å². The fraction of sp³-hybridized carbons (Fsp3) is 0.316. The summed E-state index contributed by atoms with van der Waals surface area (Å²) >= 11 is 0. The quantitative estimate of drug-likeness (QED) is 0.809. The first kappa shape index (κ1) is 13.0. The number of rotatable bonds is 1. The molecule has 4 aliphatic rings. The van der Waals surface area contributed by atoms with Gasteiger partial charge in [-0.3, -0.25) is 9.69 Å². The van der Waals surface area contributed by atoms with Gasteiger partial charge in [-0.1, -0.05) is 30.3 Å². The van der Waals surface area contributed by atoms with Crippen LogP contribution in [0.5, 0.6) is 5.75 Å². The first-order valence-electron chi connectivity index (χ1n) is 8.16. The molecular weight excluding hydrogens is 288 g/mol. The maximum atomic E-state index is 13.1. The molecule has 3 fully saturated rings. The van der Waals surface area contributed by atoms with Gasteiger partial charge in [-0.05, 0) is 44.0 Å². The summed E-state index contributed by atoms with van der Waals surface area (Å²) in [5.74, 6) is 0.925. The van der Waals surface area contributed by atoms with E-state index in [4.69, 9.17) is 4.74 Å². The van der Waals surface area contributed by atoms with E-state index in [-0.39, 0.29) is 18.0 Å². The number of ether oxygens (including phenoxy) is 1. The van der Waals surface area contributed by atoms with Gasteiger partial charge in [0, 0.05) is 5.69 Å². The van der Waals surface area contributed by atoms with E-state index in [0.717, 1.165) is 30.0 Å². The summed E-state index contributed by atoms with van der Waals surface area (Å²) in [6.45, 7) is 2.06. The van der Waals surface area contributed by atoms with Crippen LogP contribution in [0.3, 0.4) is 0 Å². The van der Waals surface area contributed by atoms with Gasteiger partial charge < -0.3 is 9.64 Å². The molecule has 4 aliphatic heterocycles. The number of hydrogen-bond donors (Lipinski definition) is 0. The van der Waals surface area contributed by atoms with E-state index in [1.807, 2.05) is 53.4 Å². The summed E-state index contributed by atoms with van der Waals surface area (Å²) < 4.78 is 6.27. The van der Waals surface area contributed by atoms with Crippen molar-refractivity contribution in [2.75, 3.05) is 9.80 Å². The number of nitrogens with zero attached hydrogens (tertiary/aromatic N) is 2. The predicted molar refractivity (Wildman–Crippen MR) is 88.4 cm³/mol. The molecule has 0 spiro atoms. The number of hydrogen-bond acceptors (Lipinski definition) is 3. The van der Waals surface area contributed by atoms with E-state index in [0.29, 0.717) is 0 Å². The first-order chi connectivity index (χ1) is 11.2. The predicted octanol–water partition coefficient (Wildman–Crippen LogP) is 3.38. The zero-order valence-corrected chi connectivity index (χ0v) is 13.0. The number of fused-ring (bicyclic) bond motifs is 3. The number of piperidine rings is 2. The lowest BCUT2D eigenvalue weighted by Gasteiger charge is -2.57. The Morgan fingerprint density at radius 3 is 2.61 bits per heavy atom. The Bertz CT molecular complexity index is 791. The number of carbonyl (C=O) groups is 1. The van der Waals surface area contributed by atoms with Crippen LogP contribution in [0.1, 0.15) is 19.8 Å². The smallest absolute Gasteiger partial charge is 0.237 e. The van der Waals surface area contributed by atoms with Crippen LogP contribution in [0.25, 0.3) is 0 Å². The van der Waals surface area contributed by atoms with Crippen molar-refractivity contribution in [1.82, 2.24) is 0 Å². The molecule has 4 heteroatoms. The largest absolute Gasteiger partial charge is 0.465 e. The van der Waals surface area contributed by atoms with Crippen molar-refractivity contribution < 1.29 is 9.53 Å². The Morgan fingerprint density at radius 1 is 1.04 bits per heavy atom. The van der Waals surface area contributed by atoms with Crippen LogP contribution in [0.2, 0.25) is 0 Å². The standard InChI is InChI=1S/C19H18N2O2/c1-19-14-11-12-17(20(18(14)22)13-7-3-2-4-8-13)21(19)15-9-5-6-10-16(15)23-19/h2-10,14,17H,11-12H2,1H3/t14-,17-,19+/m1/s1. The molecule has 4 heterocycles. The molecule has 0 radical (unpaired) electrons. The highest BCUT2D eigenvalue weighted by Gasteiger charge is 2.62. The molecule has 116 valence electrons. The second kappa shape index (κ2) is 4.28. The van der Waals surface area contributed by atoms with E-state index in [1.54, 1.807) is 0 Å². The molecule has 4 nitrogen and oxygen atoms in total. The van der Waals surface area contributed by atoms with Crippen molar-refractivity contribution in [2.45, 2.75) is 31.7 Å². The summed E-state index contributed by atoms with van der Waals surface area (Å²) in [6, 6.07) is 18.1. The minimum Gasteiger partial charge on any atom is -0.465 e. The topological polar surface area (TPSA) is 32.8 Å². The van der Waals surface area contributed by atoms with Crippen LogP contribution >= 0.6 is 0 Å². The van der Waals surface area contributed by atoms with E-state index in [1.165, 1.54) is 0 Å². The first-order valence-corrected chi connectivity index (χ1v) is 8.16. The minimum absolute atomic E-state index is 0.0172. The molecule has 2 aromatic rings. The monoisotopic (exact) mass is 306 g/mol. The van der Waals surface area contributed by atoms with Gasteiger partial charge in [0.1, 0.15) is 11.9 Å². The van der Waals surface area contributed by atoms with Gasteiger partial charge in [0.25, 0.3) is 0 Å². The zero-order chi connectivity index (χ0) is 15.6. The number of anilines is 2. The van der Waals surface area contributed by atoms with Crippen LogP contribution in [0.4, 0.5) is 11.4 Å². The molecular formula is C19H18N2O2. The van der Waals surface area contributed by atoms with Gasteiger partial charge in [-0.15, -0.1) is 0 Å². The SMILES string of the molecule is C[C@@]12Oc3ccccc3N1[C@@H]1CC[C@@H]2C(=O)N1c1ccccc1. The highest BCUT2D eigenvalue weighted by molar-refractivity contribution is 6.00. The fourth-order valence-corrected chi connectivity index (χ4v) is 4.46. The molecule has 3 saturated heterocycles. The van der Waals surface area contributed by atoms with Crippen LogP contribution in [0.15, 0.2) is 54.6 Å². The zero-order valence-electron chi connectivity index (χ0n) is 13.0. The summed E-state index contributed by atoms with van der Waals surface area (Å²) in [6.07, 6.45) is 1.87. The molecule has 2 bridgehead atoms. The van der Waals surface area contributed by atoms with Crippen LogP contribution in [0, 0.1) is 5.92 Å². The maximum absolute atomic E-state index is 13.1. The van der Waals surface area contributed by atoms with E-state index < -0.39 is 5.72 Å². The second-order valence-corrected chi connectivity index (χ2v) is 6.65. The third-order valence-corrected chi connectivity index (χ3v) is 5.45. The third-order valence-electron chi connectivity index (χ3n) is 5.45. The third kappa shape index (κ3) is 1.53. The van der Waals surface area contributed by atoms with Gasteiger partial charge >= 0.3 is 0 Å². The number of amides is 1. The molecule has 0 saturated carbocycles. The molecule has 0 aromatic heterocycles. The highest BCUT2D eigenvalue weighted by Crippen LogP contribution is 2.55. The summed E-state index contributed by atoms with van der Waals surface area (Å²) in [7, 11) is 0. The lowest BCUT2D eigenvalue weighted by atomic mass is 9.79. The second-order valence-electron chi connectivity index (χ2n) is 6.65. The van der Waals surface area contributed by atoms with Gasteiger partial charge in [0.05, 0.1) is 11.6 Å². The van der Waals surface area contributed by atoms with E-state index in [9.17, 15) is 4.79 Å². The summed E-state index contributed by atoms with van der Waals surface area (Å²) in [5.41, 5.74) is 1.51. The average Bonchev–Trinajstić information content (AvgIpc) is 2.90. The number of carbonyl (C=O) groups excluding carboxylic acids is 1. The molecule has 0 N–H and O–H groups in total. The molecule has 2 aromatic carbocycles. The lowest BCUT2D eigenvalue weighted by molar-refractivity contribution is -0.137. The Morgan fingerprint density at radius 2 is 1.78 bits per heavy atom. The van der Waals surface area contributed by atoms with Crippen molar-refractivity contribution in [2.24, 2.45) is 5.92 Å². The maximum Gasteiger partial charge on any atom is 0.237 e. The van der Waals surface area contributed by atoms with Crippen molar-refractivity contribution in [1.29, 1.82) is 0 Å². The van der Waals surface area contributed by atoms with E-state index >= 15 is 0 Å². The molecule has 0 aliphatic carbocycles. The Hall–Kier alpha value is -2.49. The van der Waals surface area contributed by atoms with Gasteiger partial charge in [0.15, 0.2) is 5.72 Å². The van der Waals surface area contributed by atoms with Gasteiger partial charge in [-0.2, -0.15) is 0 Å². The van der Waals surface area contributed by atoms with Crippen molar-refractivity contribution >= 4 is 17.3 Å². The number of para-hydroxylation sites is 3. The molecule has 1 amide bonds. The average molecular weight is 306 g/mol. The van der Waals surface area contributed by atoms with Gasteiger partial charge in [-0.25, -0.2) is 0 Å². The van der Waals surface area contributed by atoms with Crippen molar-refractivity contribution in [3.05, 3.63) is 54.6 Å². The molecule has 6 rings (SSSR count). The summed E-state index contributed by atoms with van der Waals surface area (Å²) in [4.78, 5) is 17.4. The minimum atomic E-state index is -0.561. The van der Waals surface area contributed by atoms with Crippen LogP contribution in [-0.4, -0.2) is 17.8 Å². The Labute approximate surface area is 135 Å². The Kier molecular flexibility index (Phi) is 2.42. The van der Waals surface area contributed by atoms with Crippen LogP contribution < -0.4 is 14.5 Å². The Balaban J connectivity index is 1.67. The van der Waals surface area contributed by atoms with Crippen LogP contribution in [-0.2, 0) is 4.79 Å². The lowest BCUT2D eigenvalue weighted by Crippen LogP contribution is -2.74.